The van der Waals surface area contributed by atoms with Crippen LogP contribution in [0.4, 0.5) is 9.18 Å². The fraction of sp³-hybridized carbons (Fsp3) is 0.467. The van der Waals surface area contributed by atoms with Gasteiger partial charge in [-0.05, 0) is 46.0 Å². The van der Waals surface area contributed by atoms with E-state index in [1.165, 1.54) is 6.07 Å². The number of hydrogen-bond acceptors (Lipinski definition) is 4. The second-order valence-corrected chi connectivity index (χ2v) is 6.95. The van der Waals surface area contributed by atoms with E-state index in [-0.39, 0.29) is 22.0 Å². The molecule has 0 heterocycles. The van der Waals surface area contributed by atoms with Gasteiger partial charge in [0.15, 0.2) is 0 Å². The van der Waals surface area contributed by atoms with E-state index in [2.05, 4.69) is 0 Å². The Hall–Kier alpha value is -1.14. The first-order chi connectivity index (χ1) is 9.75. The molecule has 0 aliphatic heterocycles. The molecular formula is C15H20FNO2S2. The van der Waals surface area contributed by atoms with Gasteiger partial charge in [0.05, 0.1) is 6.61 Å². The standard InChI is InChI=1S/C15H20FNO2S2/c1-5-19-14(20)21-13(18)17(15(2,3)4)10-11-8-6-7-9-12(11)16/h6-9H,5,10H2,1-4H3. The average molecular weight is 329 g/mol. The summed E-state index contributed by atoms with van der Waals surface area (Å²) >= 11 is 5.84. The van der Waals surface area contributed by atoms with Crippen LogP contribution in [0.2, 0.25) is 0 Å². The second-order valence-electron chi connectivity index (χ2n) is 5.40. The largest absolute Gasteiger partial charge is 0.479 e. The number of thioether (sulfide) groups is 1. The Morgan fingerprint density at radius 3 is 2.52 bits per heavy atom. The van der Waals surface area contributed by atoms with Gasteiger partial charge >= 0.3 is 0 Å². The summed E-state index contributed by atoms with van der Waals surface area (Å²) < 4.78 is 19.1. The van der Waals surface area contributed by atoms with Crippen LogP contribution in [-0.2, 0) is 11.3 Å². The van der Waals surface area contributed by atoms with Gasteiger partial charge in [0.25, 0.3) is 5.24 Å². The lowest BCUT2D eigenvalue weighted by atomic mass is 10.1. The number of nitrogens with zero attached hydrogens (tertiary/aromatic N) is 1. The van der Waals surface area contributed by atoms with Gasteiger partial charge in [-0.2, -0.15) is 0 Å². The third-order valence-electron chi connectivity index (χ3n) is 2.75. The van der Waals surface area contributed by atoms with Crippen molar-refractivity contribution in [2.75, 3.05) is 6.61 Å². The molecule has 0 saturated heterocycles. The third-order valence-corrected chi connectivity index (χ3v) is 3.80. The van der Waals surface area contributed by atoms with E-state index in [0.717, 1.165) is 11.8 Å². The van der Waals surface area contributed by atoms with Gasteiger partial charge in [-0.15, -0.1) is 0 Å². The Bertz CT molecular complexity index is 515. The van der Waals surface area contributed by atoms with E-state index in [4.69, 9.17) is 17.0 Å². The lowest BCUT2D eigenvalue weighted by Crippen LogP contribution is -2.43. The maximum absolute atomic E-state index is 13.8. The van der Waals surface area contributed by atoms with E-state index >= 15 is 0 Å². The first-order valence-corrected chi connectivity index (χ1v) is 7.87. The fourth-order valence-corrected chi connectivity index (χ4v) is 2.75. The minimum Gasteiger partial charge on any atom is -0.479 e. The highest BCUT2D eigenvalue weighted by molar-refractivity contribution is 8.32. The van der Waals surface area contributed by atoms with E-state index in [1.54, 1.807) is 30.0 Å². The predicted molar refractivity (Wildman–Crippen MR) is 88.9 cm³/mol. The highest BCUT2D eigenvalue weighted by Crippen LogP contribution is 2.24. The predicted octanol–water partition coefficient (Wildman–Crippen LogP) is 4.60. The molecule has 1 aromatic carbocycles. The molecule has 0 unspecified atom stereocenters. The topological polar surface area (TPSA) is 29.5 Å². The molecule has 0 atom stereocenters. The quantitative estimate of drug-likeness (QED) is 0.758. The van der Waals surface area contributed by atoms with Crippen LogP contribution in [0.5, 0.6) is 0 Å². The number of rotatable bonds is 3. The number of carbonyl (C=O) groups excluding carboxylic acids is 1. The van der Waals surface area contributed by atoms with Gasteiger partial charge in [-0.25, -0.2) is 4.39 Å². The molecule has 0 aliphatic rings. The molecule has 3 nitrogen and oxygen atoms in total. The van der Waals surface area contributed by atoms with E-state index < -0.39 is 5.54 Å². The molecule has 0 radical (unpaired) electrons. The van der Waals surface area contributed by atoms with Crippen LogP contribution in [0.15, 0.2) is 24.3 Å². The van der Waals surface area contributed by atoms with Crippen molar-refractivity contribution in [3.05, 3.63) is 35.6 Å². The van der Waals surface area contributed by atoms with Gasteiger partial charge in [-0.3, -0.25) is 4.79 Å². The van der Waals surface area contributed by atoms with Crippen LogP contribution in [0.25, 0.3) is 0 Å². The van der Waals surface area contributed by atoms with Crippen molar-refractivity contribution < 1.29 is 13.9 Å². The maximum Gasteiger partial charge on any atom is 0.290 e. The molecule has 6 heteroatoms. The molecule has 21 heavy (non-hydrogen) atoms. The molecule has 1 aromatic rings. The van der Waals surface area contributed by atoms with Crippen molar-refractivity contribution in [2.24, 2.45) is 0 Å². The summed E-state index contributed by atoms with van der Waals surface area (Å²) in [6, 6.07) is 6.44. The molecule has 1 rings (SSSR count). The summed E-state index contributed by atoms with van der Waals surface area (Å²) in [7, 11) is 0. The van der Waals surface area contributed by atoms with Gasteiger partial charge in [0.1, 0.15) is 5.82 Å². The first kappa shape index (κ1) is 17.9. The average Bonchev–Trinajstić information content (AvgIpc) is 2.36. The molecule has 0 spiro atoms. The summed E-state index contributed by atoms with van der Waals surface area (Å²) in [6.07, 6.45) is 0. The van der Waals surface area contributed by atoms with Crippen molar-refractivity contribution in [3.63, 3.8) is 0 Å². The lowest BCUT2D eigenvalue weighted by molar-refractivity contribution is 0.161. The van der Waals surface area contributed by atoms with E-state index in [0.29, 0.717) is 12.2 Å². The maximum atomic E-state index is 13.8. The Morgan fingerprint density at radius 1 is 1.38 bits per heavy atom. The highest BCUT2D eigenvalue weighted by atomic mass is 32.2. The second kappa shape index (κ2) is 7.75. The van der Waals surface area contributed by atoms with Crippen LogP contribution in [-0.4, -0.2) is 26.7 Å². The van der Waals surface area contributed by atoms with Gasteiger partial charge < -0.3 is 9.64 Å². The highest BCUT2D eigenvalue weighted by Gasteiger charge is 2.28. The SMILES string of the molecule is CCOC(=S)SC(=O)N(Cc1ccccc1F)C(C)(C)C. The normalized spacial score (nSPS) is 11.1. The van der Waals surface area contributed by atoms with Crippen LogP contribution >= 0.6 is 24.0 Å². The Labute approximate surface area is 134 Å². The molecular weight excluding hydrogens is 309 g/mol. The first-order valence-electron chi connectivity index (χ1n) is 6.65. The Morgan fingerprint density at radius 2 is 2.00 bits per heavy atom. The number of benzene rings is 1. The van der Waals surface area contributed by atoms with Crippen molar-refractivity contribution >= 4 is 33.6 Å². The number of hydrogen-bond donors (Lipinski definition) is 0. The fourth-order valence-electron chi connectivity index (χ4n) is 1.65. The summed E-state index contributed by atoms with van der Waals surface area (Å²) in [5.74, 6) is -0.322. The zero-order chi connectivity index (χ0) is 16.0. The monoisotopic (exact) mass is 329 g/mol. The molecule has 116 valence electrons. The van der Waals surface area contributed by atoms with Crippen LogP contribution in [0, 0.1) is 5.82 Å². The zero-order valence-corrected chi connectivity index (χ0v) is 14.3. The number of thiocarbonyl (C=S) groups is 1. The Balaban J connectivity index is 2.89. The summed E-state index contributed by atoms with van der Waals surface area (Å²) in [6.45, 7) is 8.11. The number of carbonyl (C=O) groups is 1. The minimum atomic E-state index is -0.450. The molecule has 0 bridgehead atoms. The Kier molecular flexibility index (Phi) is 6.61. The number of halogens is 1. The van der Waals surface area contributed by atoms with Crippen LogP contribution in [0.1, 0.15) is 33.3 Å². The van der Waals surface area contributed by atoms with Gasteiger partial charge in [0, 0.05) is 29.4 Å². The van der Waals surface area contributed by atoms with Crippen molar-refractivity contribution in [3.8, 4) is 0 Å². The van der Waals surface area contributed by atoms with Crippen LogP contribution < -0.4 is 0 Å². The third kappa shape index (κ3) is 5.63. The van der Waals surface area contributed by atoms with E-state index in [9.17, 15) is 9.18 Å². The molecule has 0 aliphatic carbocycles. The summed E-state index contributed by atoms with van der Waals surface area (Å²) in [5, 5.41) is -0.246. The summed E-state index contributed by atoms with van der Waals surface area (Å²) in [4.78, 5) is 14.0. The van der Waals surface area contributed by atoms with Gasteiger partial charge in [-0.1, -0.05) is 18.2 Å². The molecule has 0 aromatic heterocycles. The van der Waals surface area contributed by atoms with Gasteiger partial charge in [0.2, 0.25) is 4.38 Å². The molecule has 1 amide bonds. The molecule has 0 fully saturated rings. The lowest BCUT2D eigenvalue weighted by Gasteiger charge is -2.35. The smallest absolute Gasteiger partial charge is 0.290 e. The summed E-state index contributed by atoms with van der Waals surface area (Å²) in [5.41, 5.74) is 0.0254. The van der Waals surface area contributed by atoms with Crippen molar-refractivity contribution in [2.45, 2.75) is 39.8 Å². The number of ether oxygens (including phenoxy) is 1. The number of amides is 1. The molecule has 0 N–H and O–H groups in total. The molecule has 0 saturated carbocycles. The van der Waals surface area contributed by atoms with Crippen molar-refractivity contribution in [1.82, 2.24) is 4.90 Å². The van der Waals surface area contributed by atoms with E-state index in [1.807, 2.05) is 20.8 Å². The minimum absolute atomic E-state index is 0.185. The van der Waals surface area contributed by atoms with Crippen molar-refractivity contribution in [1.29, 1.82) is 0 Å². The van der Waals surface area contributed by atoms with Crippen LogP contribution in [0.3, 0.4) is 0 Å². The zero-order valence-electron chi connectivity index (χ0n) is 12.7.